The molecule has 0 saturated heterocycles. The zero-order chi connectivity index (χ0) is 14.7. The number of carboxylic acids is 1. The van der Waals surface area contributed by atoms with Gasteiger partial charge < -0.3 is 9.84 Å². The number of rotatable bonds is 4. The number of aromatic carboxylic acids is 1. The van der Waals surface area contributed by atoms with Crippen molar-refractivity contribution in [1.82, 2.24) is 4.98 Å². The normalized spacial score (nSPS) is 10.1. The van der Waals surface area contributed by atoms with Gasteiger partial charge in [-0.15, -0.1) is 0 Å². The van der Waals surface area contributed by atoms with Crippen LogP contribution < -0.4 is 4.74 Å². The number of carboxylic acid groups (broad SMARTS) is 1. The number of hydrogen-bond donors (Lipinski definition) is 1. The average molecular weight is 295 g/mol. The summed E-state index contributed by atoms with van der Waals surface area (Å²) < 4.78 is 5.35. The summed E-state index contributed by atoms with van der Waals surface area (Å²) in [5.41, 5.74) is -0.977. The van der Waals surface area contributed by atoms with Crippen LogP contribution in [0, 0.1) is 10.1 Å². The number of carbonyl (C=O) groups is 1. The fraction of sp³-hybridized carbons (Fsp3) is 0. The maximum absolute atomic E-state index is 11.0. The molecule has 0 bridgehead atoms. The molecule has 7 nitrogen and oxygen atoms in total. The Morgan fingerprint density at radius 3 is 2.75 bits per heavy atom. The van der Waals surface area contributed by atoms with E-state index in [1.807, 2.05) is 0 Å². The van der Waals surface area contributed by atoms with E-state index in [9.17, 15) is 14.9 Å². The van der Waals surface area contributed by atoms with E-state index in [2.05, 4.69) is 4.98 Å². The number of nitrogens with zero attached hydrogens (tertiary/aromatic N) is 2. The van der Waals surface area contributed by atoms with Crippen molar-refractivity contribution in [3.63, 3.8) is 0 Å². The second-order valence-electron chi connectivity index (χ2n) is 3.64. The van der Waals surface area contributed by atoms with Gasteiger partial charge in [-0.1, -0.05) is 11.6 Å². The zero-order valence-corrected chi connectivity index (χ0v) is 10.6. The molecule has 2 rings (SSSR count). The van der Waals surface area contributed by atoms with Crippen LogP contribution in [0.4, 0.5) is 5.69 Å². The molecule has 2 aromatic rings. The fourth-order valence-corrected chi connectivity index (χ4v) is 1.64. The van der Waals surface area contributed by atoms with Gasteiger partial charge in [-0.05, 0) is 18.2 Å². The van der Waals surface area contributed by atoms with Gasteiger partial charge in [0.25, 0.3) is 5.69 Å². The molecule has 1 aromatic heterocycles. The topological polar surface area (TPSA) is 103 Å². The van der Waals surface area contributed by atoms with Gasteiger partial charge in [0.05, 0.1) is 4.92 Å². The highest BCUT2D eigenvalue weighted by atomic mass is 35.5. The van der Waals surface area contributed by atoms with Gasteiger partial charge in [0.2, 0.25) is 0 Å². The van der Waals surface area contributed by atoms with Gasteiger partial charge in [0.15, 0.2) is 10.9 Å². The van der Waals surface area contributed by atoms with Crippen molar-refractivity contribution in [2.24, 2.45) is 0 Å². The summed E-state index contributed by atoms with van der Waals surface area (Å²) in [4.78, 5) is 24.7. The number of aromatic nitrogens is 1. The summed E-state index contributed by atoms with van der Waals surface area (Å²) in [6, 6.07) is 6.53. The molecule has 0 aliphatic rings. The first-order chi connectivity index (χ1) is 9.49. The summed E-state index contributed by atoms with van der Waals surface area (Å²) >= 11 is 5.80. The Balaban J connectivity index is 2.40. The maximum Gasteiger partial charge on any atom is 0.342 e. The Hall–Kier alpha value is -2.67. The summed E-state index contributed by atoms with van der Waals surface area (Å²) in [5, 5.41) is 19.8. The molecular weight excluding hydrogens is 288 g/mol. The van der Waals surface area contributed by atoms with Crippen LogP contribution >= 0.6 is 11.6 Å². The number of pyridine rings is 1. The molecule has 1 N–H and O–H groups in total. The first kappa shape index (κ1) is 13.8. The Bertz CT molecular complexity index is 689. The molecule has 20 heavy (non-hydrogen) atoms. The van der Waals surface area contributed by atoms with Crippen LogP contribution in [0.1, 0.15) is 10.4 Å². The van der Waals surface area contributed by atoms with Gasteiger partial charge in [-0.3, -0.25) is 10.1 Å². The third-order valence-corrected chi connectivity index (χ3v) is 2.63. The predicted molar refractivity (Wildman–Crippen MR) is 69.4 cm³/mol. The van der Waals surface area contributed by atoms with E-state index in [1.165, 1.54) is 18.3 Å². The smallest absolute Gasteiger partial charge is 0.342 e. The Labute approximate surface area is 117 Å². The largest absolute Gasteiger partial charge is 0.477 e. The molecule has 0 amide bonds. The quantitative estimate of drug-likeness (QED) is 0.528. The van der Waals surface area contributed by atoms with Crippen LogP contribution in [0.25, 0.3) is 0 Å². The van der Waals surface area contributed by atoms with Crippen LogP contribution in [-0.4, -0.2) is 21.0 Å². The van der Waals surface area contributed by atoms with Crippen molar-refractivity contribution >= 4 is 23.3 Å². The second kappa shape index (κ2) is 5.54. The number of hydrogen-bond acceptors (Lipinski definition) is 5. The van der Waals surface area contributed by atoms with Crippen molar-refractivity contribution in [3.8, 4) is 11.5 Å². The van der Waals surface area contributed by atoms with E-state index in [1.54, 1.807) is 6.07 Å². The van der Waals surface area contributed by atoms with Crippen molar-refractivity contribution in [2.75, 3.05) is 0 Å². The SMILES string of the molecule is O=C(O)c1cc(Oc2cccnc2Cl)ccc1[N+](=O)[O-]. The molecule has 0 atom stereocenters. The molecular formula is C12H7ClN2O5. The van der Waals surface area contributed by atoms with Crippen LogP contribution in [0.3, 0.4) is 0 Å². The Morgan fingerprint density at radius 2 is 2.15 bits per heavy atom. The molecule has 102 valence electrons. The minimum absolute atomic E-state index is 0.0997. The number of halogens is 1. The van der Waals surface area contributed by atoms with Gasteiger partial charge >= 0.3 is 5.97 Å². The molecule has 1 heterocycles. The summed E-state index contributed by atoms with van der Waals surface area (Å²) in [6.07, 6.45) is 1.47. The first-order valence-corrected chi connectivity index (χ1v) is 5.67. The summed E-state index contributed by atoms with van der Waals surface area (Å²) in [5.74, 6) is -1.08. The molecule has 0 saturated carbocycles. The Kier molecular flexibility index (Phi) is 3.81. The van der Waals surface area contributed by atoms with E-state index in [0.717, 1.165) is 12.1 Å². The molecule has 0 fully saturated rings. The van der Waals surface area contributed by atoms with Crippen LogP contribution in [-0.2, 0) is 0 Å². The van der Waals surface area contributed by atoms with Crippen LogP contribution in [0.2, 0.25) is 5.15 Å². The molecule has 0 aliphatic carbocycles. The fourth-order valence-electron chi connectivity index (χ4n) is 1.48. The van der Waals surface area contributed by atoms with Gasteiger partial charge in [0.1, 0.15) is 11.3 Å². The second-order valence-corrected chi connectivity index (χ2v) is 3.99. The van der Waals surface area contributed by atoms with Gasteiger partial charge in [-0.2, -0.15) is 0 Å². The zero-order valence-electron chi connectivity index (χ0n) is 9.82. The van der Waals surface area contributed by atoms with E-state index in [-0.39, 0.29) is 16.7 Å². The summed E-state index contributed by atoms with van der Waals surface area (Å²) in [6.45, 7) is 0. The number of nitro benzene ring substituents is 1. The first-order valence-electron chi connectivity index (χ1n) is 5.29. The third-order valence-electron chi connectivity index (χ3n) is 2.35. The van der Waals surface area contributed by atoms with Gasteiger partial charge in [0, 0.05) is 18.3 Å². The minimum Gasteiger partial charge on any atom is -0.477 e. The lowest BCUT2D eigenvalue weighted by atomic mass is 10.1. The van der Waals surface area contributed by atoms with Crippen molar-refractivity contribution in [3.05, 3.63) is 57.4 Å². The molecule has 0 spiro atoms. The standard InChI is InChI=1S/C12H7ClN2O5/c13-11-10(2-1-5-14-11)20-7-3-4-9(15(18)19)8(6-7)12(16)17/h1-6H,(H,16,17). The predicted octanol–water partition coefficient (Wildman–Crippen LogP) is 3.13. The summed E-state index contributed by atoms with van der Waals surface area (Å²) in [7, 11) is 0. The van der Waals surface area contributed by atoms with Gasteiger partial charge in [-0.25, -0.2) is 9.78 Å². The van der Waals surface area contributed by atoms with E-state index in [4.69, 9.17) is 21.4 Å². The lowest BCUT2D eigenvalue weighted by Gasteiger charge is -2.07. The highest BCUT2D eigenvalue weighted by Crippen LogP contribution is 2.30. The van der Waals surface area contributed by atoms with Crippen molar-refractivity contribution < 1.29 is 19.6 Å². The van der Waals surface area contributed by atoms with Crippen LogP contribution in [0.5, 0.6) is 11.5 Å². The average Bonchev–Trinajstić information content (AvgIpc) is 2.41. The number of benzene rings is 1. The number of nitro groups is 1. The van der Waals surface area contributed by atoms with Crippen molar-refractivity contribution in [1.29, 1.82) is 0 Å². The lowest BCUT2D eigenvalue weighted by Crippen LogP contribution is -2.03. The molecule has 0 aliphatic heterocycles. The van der Waals surface area contributed by atoms with Crippen LogP contribution in [0.15, 0.2) is 36.5 Å². The molecule has 8 heteroatoms. The monoisotopic (exact) mass is 294 g/mol. The van der Waals surface area contributed by atoms with E-state index >= 15 is 0 Å². The third kappa shape index (κ3) is 2.83. The lowest BCUT2D eigenvalue weighted by molar-refractivity contribution is -0.385. The maximum atomic E-state index is 11.0. The molecule has 0 radical (unpaired) electrons. The Morgan fingerprint density at radius 1 is 1.40 bits per heavy atom. The van der Waals surface area contributed by atoms with E-state index < -0.39 is 22.1 Å². The molecule has 0 unspecified atom stereocenters. The minimum atomic E-state index is -1.42. The highest BCUT2D eigenvalue weighted by Gasteiger charge is 2.20. The van der Waals surface area contributed by atoms with E-state index in [0.29, 0.717) is 0 Å². The highest BCUT2D eigenvalue weighted by molar-refractivity contribution is 6.30. The van der Waals surface area contributed by atoms with Crippen molar-refractivity contribution in [2.45, 2.75) is 0 Å². The molecule has 1 aromatic carbocycles. The number of ether oxygens (including phenoxy) is 1.